The molecule has 5 nitrogen and oxygen atoms in total. The lowest BCUT2D eigenvalue weighted by atomic mass is 9.50. The van der Waals surface area contributed by atoms with Crippen LogP contribution < -0.4 is 0 Å². The van der Waals surface area contributed by atoms with E-state index in [0.29, 0.717) is 6.42 Å². The number of ether oxygens (including phenoxy) is 3. The van der Waals surface area contributed by atoms with E-state index in [1.165, 1.54) is 0 Å². The maximum absolute atomic E-state index is 10.9. The van der Waals surface area contributed by atoms with Crippen molar-refractivity contribution in [3.05, 3.63) is 23.8 Å². The summed E-state index contributed by atoms with van der Waals surface area (Å²) in [7, 11) is 3.16. The van der Waals surface area contributed by atoms with Crippen LogP contribution in [0.5, 0.6) is 0 Å². The molecule has 3 rings (SSSR count). The van der Waals surface area contributed by atoms with Crippen LogP contribution in [0.2, 0.25) is 0 Å². The first kappa shape index (κ1) is 16.1. The zero-order valence-corrected chi connectivity index (χ0v) is 13.7. The van der Waals surface area contributed by atoms with E-state index in [1.807, 2.05) is 13.8 Å². The molecule has 0 unspecified atom stereocenters. The van der Waals surface area contributed by atoms with Crippen molar-refractivity contribution in [2.45, 2.75) is 45.1 Å². The predicted octanol–water partition coefficient (Wildman–Crippen LogP) is 1.46. The minimum absolute atomic E-state index is 0.157. The van der Waals surface area contributed by atoms with Gasteiger partial charge in [0.1, 0.15) is 0 Å². The Morgan fingerprint density at radius 1 is 1.27 bits per heavy atom. The third-order valence-corrected chi connectivity index (χ3v) is 5.98. The highest BCUT2D eigenvalue weighted by Gasteiger charge is 2.62. The molecule has 1 saturated heterocycles. The quantitative estimate of drug-likeness (QED) is 0.756. The van der Waals surface area contributed by atoms with Crippen LogP contribution in [0.1, 0.15) is 20.3 Å². The average molecular weight is 310 g/mol. The van der Waals surface area contributed by atoms with Crippen molar-refractivity contribution in [1.82, 2.24) is 0 Å². The Labute approximate surface area is 131 Å². The number of rotatable bonds is 2. The van der Waals surface area contributed by atoms with Gasteiger partial charge in [-0.05, 0) is 17.9 Å². The Morgan fingerprint density at radius 3 is 2.55 bits per heavy atom. The van der Waals surface area contributed by atoms with Crippen molar-refractivity contribution in [1.29, 1.82) is 0 Å². The van der Waals surface area contributed by atoms with Crippen molar-refractivity contribution >= 4 is 0 Å². The van der Waals surface area contributed by atoms with E-state index < -0.39 is 30.2 Å². The van der Waals surface area contributed by atoms with Crippen LogP contribution in [-0.4, -0.2) is 49.2 Å². The van der Waals surface area contributed by atoms with Gasteiger partial charge in [0.25, 0.3) is 0 Å². The topological polar surface area (TPSA) is 68.2 Å². The van der Waals surface area contributed by atoms with Crippen molar-refractivity contribution in [2.24, 2.45) is 23.2 Å². The van der Waals surface area contributed by atoms with Crippen molar-refractivity contribution in [3.63, 3.8) is 0 Å². The molecule has 5 heteroatoms. The van der Waals surface area contributed by atoms with Gasteiger partial charge in [-0.2, -0.15) is 0 Å². The van der Waals surface area contributed by atoms with E-state index in [1.54, 1.807) is 20.3 Å². The van der Waals surface area contributed by atoms with Crippen LogP contribution in [0.4, 0.5) is 0 Å². The Balaban J connectivity index is 2.12. The van der Waals surface area contributed by atoms with E-state index in [4.69, 9.17) is 14.2 Å². The van der Waals surface area contributed by atoms with Crippen molar-refractivity contribution in [2.75, 3.05) is 14.2 Å². The molecule has 8 atom stereocenters. The first-order chi connectivity index (χ1) is 10.4. The lowest BCUT2D eigenvalue weighted by Crippen LogP contribution is -2.58. The summed E-state index contributed by atoms with van der Waals surface area (Å²) in [4.78, 5) is 0. The Morgan fingerprint density at radius 2 is 1.95 bits per heavy atom. The van der Waals surface area contributed by atoms with E-state index in [9.17, 15) is 10.2 Å². The fourth-order valence-corrected chi connectivity index (χ4v) is 4.74. The molecular formula is C17H26O5. The van der Waals surface area contributed by atoms with Gasteiger partial charge in [0.15, 0.2) is 12.6 Å². The summed E-state index contributed by atoms with van der Waals surface area (Å²) in [5.41, 5.74) is 1.27. The normalized spacial score (nSPS) is 51.3. The first-order valence-corrected chi connectivity index (χ1v) is 7.83. The van der Waals surface area contributed by atoms with Gasteiger partial charge in [0.2, 0.25) is 0 Å². The molecule has 0 aromatic carbocycles. The SMILES string of the molecule is C=C1[C@@H]2[C@@H](O)C=C3[C@@H](OC)O[C@@H](OC)[C@@H]3[C@@]2(C)[C@H](O)C[C@@H]1C. The van der Waals surface area contributed by atoms with Crippen molar-refractivity contribution in [3.8, 4) is 0 Å². The minimum Gasteiger partial charge on any atom is -0.392 e. The molecule has 0 radical (unpaired) electrons. The predicted molar refractivity (Wildman–Crippen MR) is 80.8 cm³/mol. The van der Waals surface area contributed by atoms with Gasteiger partial charge >= 0.3 is 0 Å². The monoisotopic (exact) mass is 310 g/mol. The summed E-state index contributed by atoms with van der Waals surface area (Å²) in [6, 6.07) is 0. The van der Waals surface area contributed by atoms with Gasteiger partial charge in [0, 0.05) is 31.5 Å². The fraction of sp³-hybridized carbons (Fsp3) is 0.765. The molecule has 1 heterocycles. The maximum atomic E-state index is 10.9. The van der Waals surface area contributed by atoms with Gasteiger partial charge in [-0.25, -0.2) is 0 Å². The second kappa shape index (κ2) is 5.42. The third-order valence-electron chi connectivity index (χ3n) is 5.98. The second-order valence-corrected chi connectivity index (χ2v) is 7.01. The number of aliphatic hydroxyl groups is 2. The molecular weight excluding hydrogens is 284 g/mol. The Bertz CT molecular complexity index is 501. The van der Waals surface area contributed by atoms with Gasteiger partial charge in [-0.1, -0.05) is 32.1 Å². The van der Waals surface area contributed by atoms with Crippen LogP contribution in [0.25, 0.3) is 0 Å². The summed E-state index contributed by atoms with van der Waals surface area (Å²) in [6.07, 6.45) is 0.154. The molecule has 0 spiro atoms. The van der Waals surface area contributed by atoms with Crippen LogP contribution in [-0.2, 0) is 14.2 Å². The van der Waals surface area contributed by atoms with Gasteiger partial charge in [-0.3, -0.25) is 0 Å². The van der Waals surface area contributed by atoms with Crippen LogP contribution >= 0.6 is 0 Å². The molecule has 2 fully saturated rings. The molecule has 0 bridgehead atoms. The molecule has 124 valence electrons. The number of hydrogen-bond donors (Lipinski definition) is 2. The highest BCUT2D eigenvalue weighted by molar-refractivity contribution is 5.33. The van der Waals surface area contributed by atoms with Crippen LogP contribution in [0.3, 0.4) is 0 Å². The standard InChI is InChI=1S/C17H26O5/c1-8-6-12(19)17(3)13(9(8)2)11(18)7-10-14(17)16(21-5)22-15(10)20-4/h7-8,11-16,18-19H,2,6H2,1,3-5H3/t8-,11-,12+,13+,14+,15-,16+,17-/m0/s1. The average Bonchev–Trinajstić information content (AvgIpc) is 2.83. The number of fused-ring (bicyclic) bond motifs is 3. The smallest absolute Gasteiger partial charge is 0.183 e. The maximum Gasteiger partial charge on any atom is 0.183 e. The molecule has 0 aromatic rings. The van der Waals surface area contributed by atoms with E-state index >= 15 is 0 Å². The lowest BCUT2D eigenvalue weighted by Gasteiger charge is -2.55. The summed E-state index contributed by atoms with van der Waals surface area (Å²) < 4.78 is 16.7. The Kier molecular flexibility index (Phi) is 3.98. The number of aliphatic hydroxyl groups excluding tert-OH is 2. The molecule has 1 aliphatic heterocycles. The van der Waals surface area contributed by atoms with E-state index in [2.05, 4.69) is 6.58 Å². The number of methoxy groups -OCH3 is 2. The molecule has 2 aliphatic carbocycles. The molecule has 2 N–H and O–H groups in total. The zero-order chi connectivity index (χ0) is 16.2. The summed E-state index contributed by atoms with van der Waals surface area (Å²) in [5.74, 6) is -0.189. The van der Waals surface area contributed by atoms with Gasteiger partial charge in [0.05, 0.1) is 12.2 Å². The second-order valence-electron chi connectivity index (χ2n) is 7.01. The zero-order valence-electron chi connectivity index (χ0n) is 13.7. The van der Waals surface area contributed by atoms with Crippen LogP contribution in [0, 0.1) is 23.2 Å². The summed E-state index contributed by atoms with van der Waals surface area (Å²) >= 11 is 0. The molecule has 0 amide bonds. The third kappa shape index (κ3) is 1.96. The molecule has 3 aliphatic rings. The highest BCUT2D eigenvalue weighted by atomic mass is 16.8. The Hall–Kier alpha value is -0.720. The van der Waals surface area contributed by atoms with Gasteiger partial charge < -0.3 is 24.4 Å². The summed E-state index contributed by atoms with van der Waals surface area (Å²) in [6.45, 7) is 8.26. The van der Waals surface area contributed by atoms with E-state index in [-0.39, 0.29) is 17.8 Å². The first-order valence-electron chi connectivity index (χ1n) is 7.83. The minimum atomic E-state index is -0.696. The highest BCUT2D eigenvalue weighted by Crippen LogP contribution is 2.60. The van der Waals surface area contributed by atoms with Gasteiger partial charge in [-0.15, -0.1) is 0 Å². The molecule has 0 aromatic heterocycles. The molecule has 1 saturated carbocycles. The largest absolute Gasteiger partial charge is 0.392 e. The van der Waals surface area contributed by atoms with Crippen molar-refractivity contribution < 1.29 is 24.4 Å². The summed E-state index contributed by atoms with van der Waals surface area (Å²) in [5, 5.41) is 21.6. The number of hydrogen-bond acceptors (Lipinski definition) is 5. The van der Waals surface area contributed by atoms with Crippen LogP contribution in [0.15, 0.2) is 23.8 Å². The molecule has 22 heavy (non-hydrogen) atoms. The van der Waals surface area contributed by atoms with E-state index in [0.717, 1.165) is 11.1 Å². The lowest BCUT2D eigenvalue weighted by molar-refractivity contribution is -0.212. The fourth-order valence-electron chi connectivity index (χ4n) is 4.74.